The van der Waals surface area contributed by atoms with Crippen LogP contribution in [0.25, 0.3) is 0 Å². The minimum absolute atomic E-state index is 0.0509. The lowest BCUT2D eigenvalue weighted by Crippen LogP contribution is -2.05. The van der Waals surface area contributed by atoms with Gasteiger partial charge in [-0.1, -0.05) is 6.92 Å². The minimum atomic E-state index is -2.95. The molecule has 0 radical (unpaired) electrons. The largest absolute Gasteiger partial charge is 0.432 e. The molecule has 0 aromatic heterocycles. The van der Waals surface area contributed by atoms with Crippen LogP contribution in [-0.2, 0) is 4.74 Å². The van der Waals surface area contributed by atoms with Crippen LogP contribution in [0.3, 0.4) is 0 Å². The van der Waals surface area contributed by atoms with E-state index in [-0.39, 0.29) is 11.7 Å². The van der Waals surface area contributed by atoms with E-state index in [1.807, 2.05) is 0 Å². The van der Waals surface area contributed by atoms with Crippen LogP contribution in [0.5, 0.6) is 0 Å². The zero-order valence-electron chi connectivity index (χ0n) is 6.56. The van der Waals surface area contributed by atoms with Crippen molar-refractivity contribution in [3.05, 3.63) is 23.7 Å². The summed E-state index contributed by atoms with van der Waals surface area (Å²) in [5, 5.41) is 0. The second kappa shape index (κ2) is 3.65. The Kier molecular flexibility index (Phi) is 2.78. The lowest BCUT2D eigenvalue weighted by molar-refractivity contribution is -0.0960. The zero-order chi connectivity index (χ0) is 9.14. The highest BCUT2D eigenvalue weighted by Gasteiger charge is 2.16. The highest BCUT2D eigenvalue weighted by molar-refractivity contribution is 5.24. The molecule has 1 aliphatic rings. The lowest BCUT2D eigenvalue weighted by Gasteiger charge is -2.14. The van der Waals surface area contributed by atoms with Crippen molar-refractivity contribution in [1.82, 2.24) is 0 Å². The molecular formula is C8H9F3O. The molecule has 0 heterocycles. The summed E-state index contributed by atoms with van der Waals surface area (Å²) in [6.45, 7) is -1.15. The minimum Gasteiger partial charge on any atom is -0.432 e. The maximum atomic E-state index is 12.8. The van der Waals surface area contributed by atoms with Crippen LogP contribution in [-0.4, -0.2) is 6.61 Å². The van der Waals surface area contributed by atoms with Gasteiger partial charge in [0.2, 0.25) is 0 Å². The van der Waals surface area contributed by atoms with E-state index in [4.69, 9.17) is 0 Å². The second-order valence-electron chi connectivity index (χ2n) is 2.67. The molecule has 0 spiro atoms. The predicted molar refractivity (Wildman–Crippen MR) is 38.1 cm³/mol. The van der Waals surface area contributed by atoms with Crippen LogP contribution in [0.2, 0.25) is 0 Å². The molecule has 0 saturated heterocycles. The van der Waals surface area contributed by atoms with Gasteiger partial charge in [0.1, 0.15) is 0 Å². The maximum absolute atomic E-state index is 12.8. The molecule has 0 aliphatic heterocycles. The van der Waals surface area contributed by atoms with E-state index in [9.17, 15) is 13.2 Å². The molecule has 0 fully saturated rings. The molecule has 0 bridgehead atoms. The van der Waals surface area contributed by atoms with Gasteiger partial charge < -0.3 is 4.74 Å². The van der Waals surface area contributed by atoms with Gasteiger partial charge in [0, 0.05) is 0 Å². The number of halogens is 3. The molecule has 0 amide bonds. The first-order valence-electron chi connectivity index (χ1n) is 3.62. The molecule has 12 heavy (non-hydrogen) atoms. The fourth-order valence-electron chi connectivity index (χ4n) is 0.991. The van der Waals surface area contributed by atoms with E-state index < -0.39 is 12.4 Å². The normalized spacial score (nSPS) is 23.6. The highest BCUT2D eigenvalue weighted by atomic mass is 19.3. The molecule has 0 saturated carbocycles. The van der Waals surface area contributed by atoms with E-state index in [1.165, 1.54) is 12.2 Å². The van der Waals surface area contributed by atoms with Gasteiger partial charge in [-0.2, -0.15) is 8.78 Å². The Balaban J connectivity index is 2.61. The molecule has 0 aromatic rings. The van der Waals surface area contributed by atoms with Crippen molar-refractivity contribution in [2.45, 2.75) is 20.0 Å². The van der Waals surface area contributed by atoms with Gasteiger partial charge in [-0.05, 0) is 24.5 Å². The quantitative estimate of drug-likeness (QED) is 0.631. The maximum Gasteiger partial charge on any atom is 0.387 e. The SMILES string of the molecule is CC1C=C(F)C(OC(F)F)=CC1. The lowest BCUT2D eigenvalue weighted by atomic mass is 10.0. The van der Waals surface area contributed by atoms with E-state index in [2.05, 4.69) is 4.74 Å². The third kappa shape index (κ3) is 2.29. The van der Waals surface area contributed by atoms with Gasteiger partial charge in [0.05, 0.1) is 0 Å². The van der Waals surface area contributed by atoms with Crippen LogP contribution in [0, 0.1) is 5.92 Å². The van der Waals surface area contributed by atoms with Crippen LogP contribution >= 0.6 is 0 Å². The van der Waals surface area contributed by atoms with Crippen LogP contribution in [0.1, 0.15) is 13.3 Å². The Morgan fingerprint density at radius 3 is 2.75 bits per heavy atom. The fourth-order valence-corrected chi connectivity index (χ4v) is 0.991. The molecule has 1 rings (SSSR count). The number of alkyl halides is 2. The van der Waals surface area contributed by atoms with E-state index in [1.54, 1.807) is 6.92 Å². The Morgan fingerprint density at radius 2 is 2.25 bits per heavy atom. The first kappa shape index (κ1) is 9.16. The Morgan fingerprint density at radius 1 is 1.58 bits per heavy atom. The standard InChI is InChI=1S/C8H9F3O/c1-5-2-3-7(6(9)4-5)12-8(10)11/h3-5,8H,2H2,1H3. The summed E-state index contributed by atoms with van der Waals surface area (Å²) in [6, 6.07) is 0. The van der Waals surface area contributed by atoms with Crippen molar-refractivity contribution in [2.24, 2.45) is 5.92 Å². The molecule has 0 aromatic carbocycles. The van der Waals surface area contributed by atoms with E-state index >= 15 is 0 Å². The van der Waals surface area contributed by atoms with Crippen LogP contribution in [0.15, 0.2) is 23.7 Å². The highest BCUT2D eigenvalue weighted by Crippen LogP contribution is 2.25. The predicted octanol–water partition coefficient (Wildman–Crippen LogP) is 3.00. The topological polar surface area (TPSA) is 9.23 Å². The van der Waals surface area contributed by atoms with Crippen molar-refractivity contribution in [3.63, 3.8) is 0 Å². The number of rotatable bonds is 2. The van der Waals surface area contributed by atoms with Crippen molar-refractivity contribution in [1.29, 1.82) is 0 Å². The molecule has 0 N–H and O–H groups in total. The number of ether oxygens (including phenoxy) is 1. The first-order chi connectivity index (χ1) is 5.59. The third-order valence-electron chi connectivity index (χ3n) is 1.56. The average Bonchev–Trinajstić information content (AvgIpc) is 1.94. The summed E-state index contributed by atoms with van der Waals surface area (Å²) >= 11 is 0. The Labute approximate surface area is 68.5 Å². The Hall–Kier alpha value is -0.930. The summed E-state index contributed by atoms with van der Waals surface area (Å²) in [6.07, 6.45) is 3.15. The van der Waals surface area contributed by atoms with Gasteiger partial charge in [-0.25, -0.2) is 4.39 Å². The number of allylic oxidation sites excluding steroid dienone is 3. The molecule has 4 heteroatoms. The van der Waals surface area contributed by atoms with E-state index in [0.717, 1.165) is 0 Å². The fraction of sp³-hybridized carbons (Fsp3) is 0.500. The van der Waals surface area contributed by atoms with Gasteiger partial charge in [-0.15, -0.1) is 0 Å². The van der Waals surface area contributed by atoms with Gasteiger partial charge in [0.25, 0.3) is 0 Å². The van der Waals surface area contributed by atoms with Crippen molar-refractivity contribution in [2.75, 3.05) is 0 Å². The first-order valence-corrected chi connectivity index (χ1v) is 3.62. The Bertz CT molecular complexity index is 220. The van der Waals surface area contributed by atoms with Crippen LogP contribution in [0.4, 0.5) is 13.2 Å². The summed E-state index contributed by atoms with van der Waals surface area (Å²) in [4.78, 5) is 0. The molecule has 1 atom stereocenters. The summed E-state index contributed by atoms with van der Waals surface area (Å²) < 4.78 is 40.0. The van der Waals surface area contributed by atoms with E-state index in [0.29, 0.717) is 6.42 Å². The monoisotopic (exact) mass is 178 g/mol. The zero-order valence-corrected chi connectivity index (χ0v) is 6.56. The third-order valence-corrected chi connectivity index (χ3v) is 1.56. The number of hydrogen-bond acceptors (Lipinski definition) is 1. The van der Waals surface area contributed by atoms with Gasteiger partial charge >= 0.3 is 6.61 Å². The van der Waals surface area contributed by atoms with Crippen molar-refractivity contribution in [3.8, 4) is 0 Å². The molecule has 1 nitrogen and oxygen atoms in total. The van der Waals surface area contributed by atoms with Crippen molar-refractivity contribution >= 4 is 0 Å². The summed E-state index contributed by atoms with van der Waals surface area (Å²) in [5.41, 5.74) is 0. The van der Waals surface area contributed by atoms with Crippen molar-refractivity contribution < 1.29 is 17.9 Å². The van der Waals surface area contributed by atoms with Crippen LogP contribution < -0.4 is 0 Å². The smallest absolute Gasteiger partial charge is 0.387 e. The molecular weight excluding hydrogens is 169 g/mol. The summed E-state index contributed by atoms with van der Waals surface area (Å²) in [7, 11) is 0. The average molecular weight is 178 g/mol. The molecule has 1 aliphatic carbocycles. The van der Waals surface area contributed by atoms with Gasteiger partial charge in [-0.3, -0.25) is 0 Å². The second-order valence-corrected chi connectivity index (χ2v) is 2.67. The summed E-state index contributed by atoms with van der Waals surface area (Å²) in [5.74, 6) is -0.993. The molecule has 68 valence electrons. The van der Waals surface area contributed by atoms with Gasteiger partial charge in [0.15, 0.2) is 11.6 Å². The molecule has 1 unspecified atom stereocenters. The number of hydrogen-bond donors (Lipinski definition) is 0.